The molecule has 0 rings (SSSR count). The number of hydrogen-bond donors (Lipinski definition) is 0. The lowest BCUT2D eigenvalue weighted by molar-refractivity contribution is -0.121. The Labute approximate surface area is 74.7 Å². The first-order chi connectivity index (χ1) is 5.74. The molecule has 0 amide bonds. The third kappa shape index (κ3) is 5.27. The maximum absolute atomic E-state index is 11.2. The molecule has 0 N–H and O–H groups in total. The first-order valence-corrected chi connectivity index (χ1v) is 4.47. The molecule has 0 aromatic rings. The number of carbonyl (C=O) groups is 1. The zero-order valence-electron chi connectivity index (χ0n) is 8.30. The van der Waals surface area contributed by atoms with Gasteiger partial charge in [-0.25, -0.2) is 0 Å². The SMILES string of the molecule is CCN(CC)CC(=O)CCOC. The Kier molecular flexibility index (Phi) is 7.00. The smallest absolute Gasteiger partial charge is 0.149 e. The largest absolute Gasteiger partial charge is 0.384 e. The van der Waals surface area contributed by atoms with Crippen LogP contribution in [0.1, 0.15) is 20.3 Å². The van der Waals surface area contributed by atoms with Gasteiger partial charge in [-0.15, -0.1) is 0 Å². The molecule has 0 bridgehead atoms. The van der Waals surface area contributed by atoms with E-state index in [0.717, 1.165) is 13.1 Å². The standard InChI is InChI=1S/C9H19NO2/c1-4-10(5-2)8-9(11)6-7-12-3/h4-8H2,1-3H3. The van der Waals surface area contributed by atoms with Crippen molar-refractivity contribution in [2.24, 2.45) is 0 Å². The summed E-state index contributed by atoms with van der Waals surface area (Å²) in [5.74, 6) is 0.264. The lowest BCUT2D eigenvalue weighted by atomic mass is 10.3. The lowest BCUT2D eigenvalue weighted by Crippen LogP contribution is -2.29. The van der Waals surface area contributed by atoms with Crippen LogP contribution >= 0.6 is 0 Å². The van der Waals surface area contributed by atoms with Crippen LogP contribution in [0.3, 0.4) is 0 Å². The van der Waals surface area contributed by atoms with Crippen molar-refractivity contribution in [2.75, 3.05) is 33.4 Å². The van der Waals surface area contributed by atoms with Gasteiger partial charge in [0.2, 0.25) is 0 Å². The Bertz CT molecular complexity index is 122. The second kappa shape index (κ2) is 7.25. The van der Waals surface area contributed by atoms with Crippen molar-refractivity contribution < 1.29 is 9.53 Å². The van der Waals surface area contributed by atoms with Crippen LogP contribution in [-0.2, 0) is 9.53 Å². The average Bonchev–Trinajstić information content (AvgIpc) is 2.10. The molecule has 0 spiro atoms. The van der Waals surface area contributed by atoms with Gasteiger partial charge in [-0.1, -0.05) is 13.8 Å². The minimum absolute atomic E-state index is 0.264. The number of hydrogen-bond acceptors (Lipinski definition) is 3. The molecule has 0 unspecified atom stereocenters. The number of ketones is 1. The Morgan fingerprint density at radius 1 is 1.33 bits per heavy atom. The van der Waals surface area contributed by atoms with E-state index in [1.165, 1.54) is 0 Å². The van der Waals surface area contributed by atoms with Gasteiger partial charge >= 0.3 is 0 Å². The molecule has 0 saturated heterocycles. The van der Waals surface area contributed by atoms with Crippen molar-refractivity contribution >= 4 is 5.78 Å². The zero-order valence-corrected chi connectivity index (χ0v) is 8.30. The van der Waals surface area contributed by atoms with E-state index >= 15 is 0 Å². The fourth-order valence-corrected chi connectivity index (χ4v) is 0.992. The van der Waals surface area contributed by atoms with Gasteiger partial charge in [-0.05, 0) is 13.1 Å². The number of nitrogens with zero attached hydrogens (tertiary/aromatic N) is 1. The summed E-state index contributed by atoms with van der Waals surface area (Å²) in [4.78, 5) is 13.3. The van der Waals surface area contributed by atoms with Crippen LogP contribution in [0.25, 0.3) is 0 Å². The van der Waals surface area contributed by atoms with Crippen LogP contribution in [0.15, 0.2) is 0 Å². The molecule has 72 valence electrons. The van der Waals surface area contributed by atoms with Crippen molar-refractivity contribution in [2.45, 2.75) is 20.3 Å². The van der Waals surface area contributed by atoms with E-state index in [4.69, 9.17) is 4.74 Å². The summed E-state index contributed by atoms with van der Waals surface area (Å²) < 4.78 is 4.82. The Morgan fingerprint density at radius 2 is 1.92 bits per heavy atom. The predicted octanol–water partition coefficient (Wildman–Crippen LogP) is 0.934. The van der Waals surface area contributed by atoms with Gasteiger partial charge in [-0.2, -0.15) is 0 Å². The maximum atomic E-state index is 11.2. The van der Waals surface area contributed by atoms with E-state index in [9.17, 15) is 4.79 Å². The van der Waals surface area contributed by atoms with Crippen LogP contribution in [0.2, 0.25) is 0 Å². The van der Waals surface area contributed by atoms with Crippen molar-refractivity contribution in [1.82, 2.24) is 4.90 Å². The van der Waals surface area contributed by atoms with Gasteiger partial charge in [0, 0.05) is 13.5 Å². The first kappa shape index (κ1) is 11.6. The molecule has 0 aromatic carbocycles. The summed E-state index contributed by atoms with van der Waals surface area (Å²) in [6.45, 7) is 7.11. The van der Waals surface area contributed by atoms with E-state index in [2.05, 4.69) is 18.7 Å². The Balaban J connectivity index is 3.52. The van der Waals surface area contributed by atoms with E-state index in [1.54, 1.807) is 7.11 Å². The minimum Gasteiger partial charge on any atom is -0.384 e. The maximum Gasteiger partial charge on any atom is 0.149 e. The lowest BCUT2D eigenvalue weighted by Gasteiger charge is -2.16. The average molecular weight is 173 g/mol. The van der Waals surface area contributed by atoms with Crippen LogP contribution in [0.4, 0.5) is 0 Å². The van der Waals surface area contributed by atoms with E-state index in [1.807, 2.05) is 0 Å². The highest BCUT2D eigenvalue weighted by Crippen LogP contribution is 1.91. The van der Waals surface area contributed by atoms with Gasteiger partial charge in [0.05, 0.1) is 13.2 Å². The highest BCUT2D eigenvalue weighted by molar-refractivity contribution is 5.80. The predicted molar refractivity (Wildman–Crippen MR) is 49.3 cm³/mol. The van der Waals surface area contributed by atoms with Crippen molar-refractivity contribution in [3.8, 4) is 0 Å². The number of carbonyl (C=O) groups excluding carboxylic acids is 1. The number of rotatable bonds is 7. The Morgan fingerprint density at radius 3 is 2.33 bits per heavy atom. The Hall–Kier alpha value is -0.410. The number of likely N-dealkylation sites (N-methyl/N-ethyl adjacent to an activating group) is 1. The summed E-state index contributed by atoms with van der Waals surface area (Å²) in [6.07, 6.45) is 0.535. The third-order valence-corrected chi connectivity index (χ3v) is 1.88. The molecule has 0 fully saturated rings. The topological polar surface area (TPSA) is 29.5 Å². The fraction of sp³-hybridized carbons (Fsp3) is 0.889. The molecule has 3 nitrogen and oxygen atoms in total. The molecule has 0 aliphatic carbocycles. The molecule has 12 heavy (non-hydrogen) atoms. The van der Waals surface area contributed by atoms with Crippen LogP contribution in [-0.4, -0.2) is 44.0 Å². The highest BCUT2D eigenvalue weighted by Gasteiger charge is 2.05. The molecule has 0 saturated carbocycles. The summed E-state index contributed by atoms with van der Waals surface area (Å²) in [5, 5.41) is 0. The number of ether oxygens (including phenoxy) is 1. The number of Topliss-reactive ketones (excluding diaryl/α,β-unsaturated/α-hetero) is 1. The van der Waals surface area contributed by atoms with E-state index < -0.39 is 0 Å². The molecule has 0 heterocycles. The highest BCUT2D eigenvalue weighted by atomic mass is 16.5. The summed E-state index contributed by atoms with van der Waals surface area (Å²) in [5.41, 5.74) is 0. The van der Waals surface area contributed by atoms with Crippen molar-refractivity contribution in [3.05, 3.63) is 0 Å². The molecule has 0 atom stereocenters. The van der Waals surface area contributed by atoms with Crippen molar-refractivity contribution in [3.63, 3.8) is 0 Å². The van der Waals surface area contributed by atoms with Gasteiger partial charge < -0.3 is 4.74 Å². The minimum atomic E-state index is 0.264. The second-order valence-corrected chi connectivity index (χ2v) is 2.74. The van der Waals surface area contributed by atoms with Crippen LogP contribution in [0, 0.1) is 0 Å². The summed E-state index contributed by atoms with van der Waals surface area (Å²) in [6, 6.07) is 0. The van der Waals surface area contributed by atoms with Gasteiger partial charge in [0.15, 0.2) is 0 Å². The van der Waals surface area contributed by atoms with Crippen LogP contribution in [0.5, 0.6) is 0 Å². The first-order valence-electron chi connectivity index (χ1n) is 4.47. The quantitative estimate of drug-likeness (QED) is 0.573. The number of methoxy groups -OCH3 is 1. The van der Waals surface area contributed by atoms with E-state index in [-0.39, 0.29) is 5.78 Å². The molecule has 0 aromatic heterocycles. The fourth-order valence-electron chi connectivity index (χ4n) is 0.992. The summed E-state index contributed by atoms with van der Waals surface area (Å²) in [7, 11) is 1.62. The normalized spacial score (nSPS) is 10.7. The third-order valence-electron chi connectivity index (χ3n) is 1.88. The van der Waals surface area contributed by atoms with Crippen molar-refractivity contribution in [1.29, 1.82) is 0 Å². The summed E-state index contributed by atoms with van der Waals surface area (Å²) >= 11 is 0. The second-order valence-electron chi connectivity index (χ2n) is 2.74. The van der Waals surface area contributed by atoms with Gasteiger partial charge in [0.25, 0.3) is 0 Å². The zero-order chi connectivity index (χ0) is 9.40. The molecule has 0 aliphatic rings. The molecular weight excluding hydrogens is 154 g/mol. The van der Waals surface area contributed by atoms with Gasteiger partial charge in [-0.3, -0.25) is 9.69 Å². The molecule has 0 radical (unpaired) electrons. The molecular formula is C9H19NO2. The van der Waals surface area contributed by atoms with Gasteiger partial charge in [0.1, 0.15) is 5.78 Å². The van der Waals surface area contributed by atoms with E-state index in [0.29, 0.717) is 19.6 Å². The molecule has 0 aliphatic heterocycles. The molecule has 3 heteroatoms. The van der Waals surface area contributed by atoms with Crippen LogP contribution < -0.4 is 0 Å². The monoisotopic (exact) mass is 173 g/mol.